The van der Waals surface area contributed by atoms with Gasteiger partial charge in [-0.05, 0) is 18.4 Å². The number of aliphatic hydroxyl groups is 2. The fourth-order valence-electron chi connectivity index (χ4n) is 4.62. The number of rotatable bonds is 7. The number of aromatic hydroxyl groups is 2. The number of hydrogen-bond donors (Lipinski definition) is 4. The molecule has 3 rings (SSSR count). The van der Waals surface area contributed by atoms with Crippen LogP contribution in [0.5, 0.6) is 11.5 Å². The lowest BCUT2D eigenvalue weighted by Crippen LogP contribution is -2.55. The summed E-state index contributed by atoms with van der Waals surface area (Å²) in [4.78, 5) is 25.9. The maximum Gasteiger partial charge on any atom is 0.189 e. The van der Waals surface area contributed by atoms with E-state index in [4.69, 9.17) is 9.47 Å². The van der Waals surface area contributed by atoms with Gasteiger partial charge in [-0.25, -0.2) is 0 Å². The van der Waals surface area contributed by atoms with Gasteiger partial charge in [0.1, 0.15) is 11.5 Å². The van der Waals surface area contributed by atoms with Crippen LogP contribution in [0.1, 0.15) is 68.2 Å². The van der Waals surface area contributed by atoms with Crippen LogP contribution in [0.4, 0.5) is 0 Å². The van der Waals surface area contributed by atoms with Crippen LogP contribution in [-0.4, -0.2) is 62.2 Å². The third-order valence-corrected chi connectivity index (χ3v) is 6.42. The molecular weight excluding hydrogens is 404 g/mol. The fraction of sp³-hybridized carbons (Fsp3) is 0.652. The zero-order chi connectivity index (χ0) is 23.2. The summed E-state index contributed by atoms with van der Waals surface area (Å²) in [5.41, 5.74) is -1.31. The molecule has 2 heterocycles. The number of ketones is 2. The standard InChI is InChI=1S/C23H32O8/c1-6-18-23(31-18)17(26)9-16(30-22(23)29)19(10(2)3)21(28)13-7-12(20(27)11(4)5)14(24)8-15(13)25/h7-8,10-11,16-19,22,24-26,29H,6,9H2,1-5H3. The van der Waals surface area contributed by atoms with E-state index in [0.717, 1.165) is 6.07 Å². The number of carbonyl (C=O) groups excluding carboxylic acids is 2. The molecule has 31 heavy (non-hydrogen) atoms. The predicted molar refractivity (Wildman–Crippen MR) is 111 cm³/mol. The van der Waals surface area contributed by atoms with E-state index in [9.17, 15) is 30.0 Å². The van der Waals surface area contributed by atoms with Crippen LogP contribution < -0.4 is 0 Å². The lowest BCUT2D eigenvalue weighted by molar-refractivity contribution is -0.240. The number of Topliss-reactive ketones (excluding diaryl/α,β-unsaturated/α-hetero) is 2. The first-order chi connectivity index (χ1) is 14.4. The quantitative estimate of drug-likeness (QED) is 0.378. The molecule has 2 saturated heterocycles. The molecule has 1 aromatic carbocycles. The first kappa shape index (κ1) is 23.7. The van der Waals surface area contributed by atoms with Gasteiger partial charge in [0.2, 0.25) is 0 Å². The second-order valence-electron chi connectivity index (χ2n) is 9.19. The van der Waals surface area contributed by atoms with Gasteiger partial charge in [-0.1, -0.05) is 34.6 Å². The molecule has 1 aromatic rings. The van der Waals surface area contributed by atoms with Gasteiger partial charge < -0.3 is 29.9 Å². The minimum absolute atomic E-state index is 0.0422. The highest BCUT2D eigenvalue weighted by molar-refractivity contribution is 6.06. The minimum Gasteiger partial charge on any atom is -0.507 e. The summed E-state index contributed by atoms with van der Waals surface area (Å²) in [7, 11) is 0. The average molecular weight is 437 g/mol. The maximum absolute atomic E-state index is 13.4. The topological polar surface area (TPSA) is 137 Å². The first-order valence-electron chi connectivity index (χ1n) is 10.8. The van der Waals surface area contributed by atoms with Crippen molar-refractivity contribution in [3.63, 3.8) is 0 Å². The Morgan fingerprint density at radius 2 is 1.65 bits per heavy atom. The first-order valence-corrected chi connectivity index (χ1v) is 10.8. The molecule has 8 heteroatoms. The van der Waals surface area contributed by atoms with E-state index in [0.29, 0.717) is 6.42 Å². The van der Waals surface area contributed by atoms with Crippen LogP contribution in [0, 0.1) is 17.8 Å². The third kappa shape index (κ3) is 3.98. The van der Waals surface area contributed by atoms with Gasteiger partial charge >= 0.3 is 0 Å². The van der Waals surface area contributed by atoms with E-state index < -0.39 is 53.2 Å². The molecule has 172 valence electrons. The normalized spacial score (nSPS) is 31.3. The molecule has 0 aromatic heterocycles. The summed E-state index contributed by atoms with van der Waals surface area (Å²) < 4.78 is 11.3. The van der Waals surface area contributed by atoms with E-state index >= 15 is 0 Å². The SMILES string of the molecule is CCC1OC12C(O)CC(C(C(=O)c1cc(C(=O)C(C)C)c(O)cc1O)C(C)C)OC2O. The van der Waals surface area contributed by atoms with Crippen LogP contribution in [0.15, 0.2) is 12.1 Å². The molecule has 2 fully saturated rings. The van der Waals surface area contributed by atoms with E-state index in [1.54, 1.807) is 27.7 Å². The Morgan fingerprint density at radius 3 is 2.10 bits per heavy atom. The summed E-state index contributed by atoms with van der Waals surface area (Å²) in [6.07, 6.45) is -2.82. The van der Waals surface area contributed by atoms with Crippen molar-refractivity contribution in [1.82, 2.24) is 0 Å². The van der Waals surface area contributed by atoms with Crippen molar-refractivity contribution in [2.75, 3.05) is 0 Å². The van der Waals surface area contributed by atoms with Crippen molar-refractivity contribution in [3.8, 4) is 11.5 Å². The predicted octanol–water partition coefficient (Wildman–Crippen LogP) is 2.41. The van der Waals surface area contributed by atoms with Gasteiger partial charge in [-0.15, -0.1) is 0 Å². The Hall–Kier alpha value is -2.00. The van der Waals surface area contributed by atoms with Crippen molar-refractivity contribution in [1.29, 1.82) is 0 Å². The Morgan fingerprint density at radius 1 is 1.06 bits per heavy atom. The van der Waals surface area contributed by atoms with Gasteiger partial charge in [0.25, 0.3) is 0 Å². The molecule has 6 unspecified atom stereocenters. The highest BCUT2D eigenvalue weighted by Gasteiger charge is 2.68. The number of ether oxygens (including phenoxy) is 2. The molecule has 0 amide bonds. The molecule has 0 bridgehead atoms. The average Bonchev–Trinajstić information content (AvgIpc) is 3.41. The van der Waals surface area contributed by atoms with Gasteiger partial charge in [0.15, 0.2) is 23.5 Å². The molecule has 8 nitrogen and oxygen atoms in total. The monoisotopic (exact) mass is 436 g/mol. The highest BCUT2D eigenvalue weighted by atomic mass is 16.7. The van der Waals surface area contributed by atoms with Crippen molar-refractivity contribution in [2.24, 2.45) is 17.8 Å². The zero-order valence-electron chi connectivity index (χ0n) is 18.5. The number of carbonyl (C=O) groups is 2. The molecule has 0 saturated carbocycles. The molecule has 2 aliphatic rings. The Kier molecular flexibility index (Phi) is 6.49. The second kappa shape index (κ2) is 8.50. The van der Waals surface area contributed by atoms with Gasteiger partial charge in [-0.2, -0.15) is 0 Å². The van der Waals surface area contributed by atoms with Crippen LogP contribution >= 0.6 is 0 Å². The Balaban J connectivity index is 1.92. The van der Waals surface area contributed by atoms with E-state index in [1.165, 1.54) is 6.07 Å². The van der Waals surface area contributed by atoms with Crippen molar-refractivity contribution in [3.05, 3.63) is 23.3 Å². The number of epoxide rings is 1. The smallest absolute Gasteiger partial charge is 0.189 e. The molecule has 1 spiro atoms. The second-order valence-corrected chi connectivity index (χ2v) is 9.19. The summed E-state index contributed by atoms with van der Waals surface area (Å²) in [5.74, 6) is -3.17. The maximum atomic E-state index is 13.4. The summed E-state index contributed by atoms with van der Waals surface area (Å²) in [6, 6.07) is 2.20. The summed E-state index contributed by atoms with van der Waals surface area (Å²) >= 11 is 0. The summed E-state index contributed by atoms with van der Waals surface area (Å²) in [6.45, 7) is 8.83. The molecular formula is C23H32O8. The number of benzene rings is 1. The van der Waals surface area contributed by atoms with Crippen LogP contribution in [0.25, 0.3) is 0 Å². The lowest BCUT2D eigenvalue weighted by atomic mass is 9.77. The largest absolute Gasteiger partial charge is 0.507 e. The van der Waals surface area contributed by atoms with Crippen molar-refractivity contribution in [2.45, 2.75) is 77.7 Å². The Labute approximate surface area is 181 Å². The van der Waals surface area contributed by atoms with Gasteiger partial charge in [0, 0.05) is 18.4 Å². The van der Waals surface area contributed by atoms with Crippen molar-refractivity contribution >= 4 is 11.6 Å². The van der Waals surface area contributed by atoms with Crippen molar-refractivity contribution < 1.29 is 39.5 Å². The fourth-order valence-corrected chi connectivity index (χ4v) is 4.62. The van der Waals surface area contributed by atoms with Gasteiger partial charge in [-0.3, -0.25) is 9.59 Å². The number of hydrogen-bond acceptors (Lipinski definition) is 8. The zero-order valence-corrected chi connectivity index (χ0v) is 18.5. The Bertz CT molecular complexity index is 849. The molecule has 6 atom stereocenters. The van der Waals surface area contributed by atoms with Crippen LogP contribution in [0.2, 0.25) is 0 Å². The molecule has 2 aliphatic heterocycles. The van der Waals surface area contributed by atoms with Crippen LogP contribution in [0.3, 0.4) is 0 Å². The number of phenols is 2. The van der Waals surface area contributed by atoms with E-state index in [-0.39, 0.29) is 35.4 Å². The summed E-state index contributed by atoms with van der Waals surface area (Å²) in [5, 5.41) is 41.7. The third-order valence-electron chi connectivity index (χ3n) is 6.42. The van der Waals surface area contributed by atoms with Gasteiger partial charge in [0.05, 0.1) is 35.4 Å². The van der Waals surface area contributed by atoms with Crippen LogP contribution in [-0.2, 0) is 9.47 Å². The highest BCUT2D eigenvalue weighted by Crippen LogP contribution is 2.50. The lowest BCUT2D eigenvalue weighted by Gasteiger charge is -2.40. The minimum atomic E-state index is -1.38. The molecule has 4 N–H and O–H groups in total. The molecule has 0 aliphatic carbocycles. The molecule has 0 radical (unpaired) electrons. The number of phenolic OH excluding ortho intramolecular Hbond substituents is 2. The van der Waals surface area contributed by atoms with E-state index in [2.05, 4.69) is 0 Å². The number of aliphatic hydroxyl groups excluding tert-OH is 2. The van der Waals surface area contributed by atoms with E-state index in [1.807, 2.05) is 6.92 Å².